The zero-order valence-corrected chi connectivity index (χ0v) is 14.0. The highest BCUT2D eigenvalue weighted by molar-refractivity contribution is 5.18. The van der Waals surface area contributed by atoms with Gasteiger partial charge in [0.1, 0.15) is 5.82 Å². The number of aromatic nitrogens is 1. The molecule has 1 saturated carbocycles. The third kappa shape index (κ3) is 4.86. The Labute approximate surface area is 142 Å². The van der Waals surface area contributed by atoms with Crippen LogP contribution in [0, 0.1) is 11.7 Å². The topological polar surface area (TPSA) is 45.1 Å². The molecule has 3 atom stereocenters. The van der Waals surface area contributed by atoms with Gasteiger partial charge in [0.05, 0.1) is 6.10 Å². The molecular formula is C20H25FN2O. The molecule has 2 aromatic rings. The van der Waals surface area contributed by atoms with E-state index in [0.29, 0.717) is 18.4 Å². The van der Waals surface area contributed by atoms with Crippen LogP contribution >= 0.6 is 0 Å². The first kappa shape index (κ1) is 17.1. The smallest absolute Gasteiger partial charge is 0.123 e. The van der Waals surface area contributed by atoms with Crippen molar-refractivity contribution in [2.24, 2.45) is 5.92 Å². The summed E-state index contributed by atoms with van der Waals surface area (Å²) in [7, 11) is 0. The molecule has 3 unspecified atom stereocenters. The Hall–Kier alpha value is -1.78. The number of benzene rings is 1. The summed E-state index contributed by atoms with van der Waals surface area (Å²) >= 11 is 0. The van der Waals surface area contributed by atoms with Crippen LogP contribution in [0.1, 0.15) is 43.5 Å². The number of nitrogens with zero attached hydrogens (tertiary/aromatic N) is 1. The molecule has 1 fully saturated rings. The number of nitrogens with one attached hydrogen (secondary N) is 1. The van der Waals surface area contributed by atoms with E-state index in [4.69, 9.17) is 0 Å². The van der Waals surface area contributed by atoms with E-state index in [1.807, 2.05) is 18.3 Å². The lowest BCUT2D eigenvalue weighted by molar-refractivity contribution is 0.150. The molecule has 3 rings (SSSR count). The standard InChI is InChI=1S/C20H25FN2O/c1-14(12-20(24)16-7-9-17(21)10-8-16)23-19(15-5-6-15)13-18-4-2-3-11-22-18/h2-4,7-11,14-15,19-20,23-24H,5-6,12-13H2,1H3. The minimum Gasteiger partial charge on any atom is -0.388 e. The number of aliphatic hydroxyl groups excluding tert-OH is 1. The van der Waals surface area contributed by atoms with Gasteiger partial charge >= 0.3 is 0 Å². The lowest BCUT2D eigenvalue weighted by atomic mass is 10.00. The Morgan fingerprint density at radius 2 is 1.96 bits per heavy atom. The van der Waals surface area contributed by atoms with Crippen LogP contribution in [0.25, 0.3) is 0 Å². The SMILES string of the molecule is CC(CC(O)c1ccc(F)cc1)NC(Cc1ccccn1)C1CC1. The van der Waals surface area contributed by atoms with E-state index in [1.54, 1.807) is 12.1 Å². The average Bonchev–Trinajstić information content (AvgIpc) is 3.40. The van der Waals surface area contributed by atoms with E-state index in [2.05, 4.69) is 23.3 Å². The molecular weight excluding hydrogens is 303 g/mol. The van der Waals surface area contributed by atoms with Crippen LogP contribution < -0.4 is 5.32 Å². The van der Waals surface area contributed by atoms with E-state index in [-0.39, 0.29) is 11.9 Å². The number of halogens is 1. The van der Waals surface area contributed by atoms with Crippen LogP contribution in [0.3, 0.4) is 0 Å². The largest absolute Gasteiger partial charge is 0.388 e. The predicted molar refractivity (Wildman–Crippen MR) is 93.0 cm³/mol. The van der Waals surface area contributed by atoms with Crippen molar-refractivity contribution >= 4 is 0 Å². The van der Waals surface area contributed by atoms with Gasteiger partial charge in [-0.3, -0.25) is 4.98 Å². The number of hydrogen-bond acceptors (Lipinski definition) is 3. The predicted octanol–water partition coefficient (Wildman–Crippen LogP) is 3.64. The normalized spacial score (nSPS) is 18.1. The molecule has 1 aromatic heterocycles. The van der Waals surface area contributed by atoms with E-state index < -0.39 is 6.10 Å². The van der Waals surface area contributed by atoms with Crippen molar-refractivity contribution in [1.82, 2.24) is 10.3 Å². The zero-order valence-electron chi connectivity index (χ0n) is 14.0. The molecule has 24 heavy (non-hydrogen) atoms. The maximum atomic E-state index is 13.0. The molecule has 2 N–H and O–H groups in total. The van der Waals surface area contributed by atoms with Crippen molar-refractivity contribution in [2.45, 2.75) is 50.8 Å². The van der Waals surface area contributed by atoms with Crippen molar-refractivity contribution < 1.29 is 9.50 Å². The van der Waals surface area contributed by atoms with Crippen LogP contribution in [0.2, 0.25) is 0 Å². The quantitative estimate of drug-likeness (QED) is 0.777. The van der Waals surface area contributed by atoms with Crippen LogP contribution in [0.15, 0.2) is 48.7 Å². The lowest BCUT2D eigenvalue weighted by Crippen LogP contribution is -2.40. The minimum atomic E-state index is -0.581. The summed E-state index contributed by atoms with van der Waals surface area (Å²) < 4.78 is 13.0. The number of aliphatic hydroxyl groups is 1. The van der Waals surface area contributed by atoms with Crippen LogP contribution in [0.5, 0.6) is 0 Å². The molecule has 0 radical (unpaired) electrons. The van der Waals surface area contributed by atoms with Gasteiger partial charge in [0.25, 0.3) is 0 Å². The lowest BCUT2D eigenvalue weighted by Gasteiger charge is -2.25. The Morgan fingerprint density at radius 1 is 1.21 bits per heavy atom. The van der Waals surface area contributed by atoms with E-state index >= 15 is 0 Å². The fraction of sp³-hybridized carbons (Fsp3) is 0.450. The molecule has 1 aliphatic rings. The molecule has 0 saturated heterocycles. The van der Waals surface area contributed by atoms with Gasteiger partial charge in [0.15, 0.2) is 0 Å². The second-order valence-electron chi connectivity index (χ2n) is 6.84. The first-order chi connectivity index (χ1) is 11.6. The molecule has 4 heteroatoms. The second kappa shape index (κ2) is 7.86. The molecule has 128 valence electrons. The van der Waals surface area contributed by atoms with Gasteiger partial charge < -0.3 is 10.4 Å². The number of rotatable bonds is 8. The highest BCUT2D eigenvalue weighted by Crippen LogP contribution is 2.34. The Balaban J connectivity index is 1.55. The molecule has 0 aliphatic heterocycles. The Kier molecular flexibility index (Phi) is 5.59. The van der Waals surface area contributed by atoms with Gasteiger partial charge in [-0.2, -0.15) is 0 Å². The Bertz CT molecular complexity index is 628. The molecule has 0 spiro atoms. The van der Waals surface area contributed by atoms with E-state index in [9.17, 15) is 9.50 Å². The van der Waals surface area contributed by atoms with Crippen LogP contribution in [-0.4, -0.2) is 22.2 Å². The van der Waals surface area contributed by atoms with Crippen LogP contribution in [-0.2, 0) is 6.42 Å². The van der Waals surface area contributed by atoms with Gasteiger partial charge in [-0.05, 0) is 61.9 Å². The summed E-state index contributed by atoms with van der Waals surface area (Å²) in [5.74, 6) is 0.429. The van der Waals surface area contributed by atoms with Crippen molar-refractivity contribution in [3.05, 3.63) is 65.7 Å². The summed E-state index contributed by atoms with van der Waals surface area (Å²) in [5.41, 5.74) is 1.87. The first-order valence-electron chi connectivity index (χ1n) is 8.71. The summed E-state index contributed by atoms with van der Waals surface area (Å²) in [4.78, 5) is 4.43. The van der Waals surface area contributed by atoms with Gasteiger partial charge in [-0.15, -0.1) is 0 Å². The van der Waals surface area contributed by atoms with Crippen molar-refractivity contribution in [3.8, 4) is 0 Å². The Morgan fingerprint density at radius 3 is 2.58 bits per heavy atom. The maximum absolute atomic E-state index is 13.0. The highest BCUT2D eigenvalue weighted by Gasteiger charge is 2.32. The van der Waals surface area contributed by atoms with Gasteiger partial charge in [-0.25, -0.2) is 4.39 Å². The molecule has 1 aromatic carbocycles. The molecule has 0 bridgehead atoms. The fourth-order valence-corrected chi connectivity index (χ4v) is 3.19. The molecule has 1 heterocycles. The number of pyridine rings is 1. The second-order valence-corrected chi connectivity index (χ2v) is 6.84. The first-order valence-corrected chi connectivity index (χ1v) is 8.71. The van der Waals surface area contributed by atoms with Gasteiger partial charge in [0.2, 0.25) is 0 Å². The monoisotopic (exact) mass is 328 g/mol. The zero-order chi connectivity index (χ0) is 16.9. The van der Waals surface area contributed by atoms with Crippen molar-refractivity contribution in [2.75, 3.05) is 0 Å². The van der Waals surface area contributed by atoms with Crippen LogP contribution in [0.4, 0.5) is 4.39 Å². The van der Waals surface area contributed by atoms with Crippen molar-refractivity contribution in [1.29, 1.82) is 0 Å². The van der Waals surface area contributed by atoms with E-state index in [1.165, 1.54) is 25.0 Å². The van der Waals surface area contributed by atoms with E-state index in [0.717, 1.165) is 17.7 Å². The summed E-state index contributed by atoms with van der Waals surface area (Å²) in [6.45, 7) is 2.10. The van der Waals surface area contributed by atoms with Gasteiger partial charge in [-0.1, -0.05) is 18.2 Å². The summed E-state index contributed by atoms with van der Waals surface area (Å²) in [6, 6.07) is 12.7. The van der Waals surface area contributed by atoms with Gasteiger partial charge in [0, 0.05) is 30.4 Å². The maximum Gasteiger partial charge on any atom is 0.123 e. The molecule has 0 amide bonds. The molecule has 3 nitrogen and oxygen atoms in total. The molecule has 1 aliphatic carbocycles. The highest BCUT2D eigenvalue weighted by atomic mass is 19.1. The third-order valence-electron chi connectivity index (χ3n) is 4.68. The number of hydrogen-bond donors (Lipinski definition) is 2. The van der Waals surface area contributed by atoms with Crippen molar-refractivity contribution in [3.63, 3.8) is 0 Å². The summed E-state index contributed by atoms with van der Waals surface area (Å²) in [6.07, 6.45) is 5.30. The summed E-state index contributed by atoms with van der Waals surface area (Å²) in [5, 5.41) is 14.0. The average molecular weight is 328 g/mol. The minimum absolute atomic E-state index is 0.180. The fourth-order valence-electron chi connectivity index (χ4n) is 3.19. The third-order valence-corrected chi connectivity index (χ3v) is 4.68.